The van der Waals surface area contributed by atoms with Gasteiger partial charge in [0.1, 0.15) is 0 Å². The van der Waals surface area contributed by atoms with Gasteiger partial charge < -0.3 is 5.73 Å². The largest absolute Gasteiger partial charge is 0.322 e. The molecule has 0 saturated carbocycles. The number of hydrogen-bond acceptors (Lipinski definition) is 1. The number of hydrogen-bond donors (Lipinski definition) is 1. The molecule has 1 nitrogen and oxygen atoms in total. The summed E-state index contributed by atoms with van der Waals surface area (Å²) >= 11 is 0. The fraction of sp³-hybridized carbons (Fsp3) is 1.00. The maximum absolute atomic E-state index is 12.5. The molecule has 0 aromatic carbocycles. The van der Waals surface area contributed by atoms with Gasteiger partial charge in [-0.1, -0.05) is 20.8 Å². The van der Waals surface area contributed by atoms with Gasteiger partial charge in [0.15, 0.2) is 0 Å². The van der Waals surface area contributed by atoms with Gasteiger partial charge in [0.2, 0.25) is 0 Å². The van der Waals surface area contributed by atoms with Crippen molar-refractivity contribution in [2.45, 2.75) is 39.7 Å². The van der Waals surface area contributed by atoms with Crippen molar-refractivity contribution in [2.24, 2.45) is 11.1 Å². The Morgan fingerprint density at radius 3 is 1.40 bits per heavy atom. The van der Waals surface area contributed by atoms with Gasteiger partial charge in [-0.15, -0.1) is 0 Å². The third-order valence-corrected chi connectivity index (χ3v) is 1.48. The van der Waals surface area contributed by atoms with Crippen molar-refractivity contribution >= 4 is 0 Å². The Balaban J connectivity index is 4.23. The Bertz CT molecular complexity index is 95.8. The van der Waals surface area contributed by atoms with Crippen molar-refractivity contribution in [3.63, 3.8) is 0 Å². The van der Waals surface area contributed by atoms with Gasteiger partial charge in [0.25, 0.3) is 5.92 Å². The first-order chi connectivity index (χ1) is 4.15. The first kappa shape index (κ1) is 9.82. The molecule has 0 aliphatic carbocycles. The average Bonchev–Trinajstić information content (AvgIpc) is 1.59. The van der Waals surface area contributed by atoms with E-state index >= 15 is 0 Å². The van der Waals surface area contributed by atoms with Gasteiger partial charge in [-0.25, -0.2) is 8.78 Å². The zero-order chi connectivity index (χ0) is 8.58. The second kappa shape index (κ2) is 2.46. The molecule has 0 saturated heterocycles. The first-order valence-corrected chi connectivity index (χ1v) is 3.29. The van der Waals surface area contributed by atoms with Crippen LogP contribution in [0.25, 0.3) is 0 Å². The van der Waals surface area contributed by atoms with Crippen LogP contribution in [-0.4, -0.2) is 12.0 Å². The lowest BCUT2D eigenvalue weighted by Crippen LogP contribution is -2.47. The number of halogens is 2. The van der Waals surface area contributed by atoms with Crippen LogP contribution in [0.4, 0.5) is 8.78 Å². The molecule has 0 aromatic rings. The molecule has 0 fully saturated rings. The highest BCUT2D eigenvalue weighted by atomic mass is 19.3. The van der Waals surface area contributed by atoms with Crippen LogP contribution in [0.5, 0.6) is 0 Å². The Hall–Kier alpha value is -0.180. The van der Waals surface area contributed by atoms with E-state index in [0.717, 1.165) is 6.92 Å². The summed E-state index contributed by atoms with van der Waals surface area (Å²) in [7, 11) is 0. The van der Waals surface area contributed by atoms with Crippen LogP contribution in [0.2, 0.25) is 0 Å². The first-order valence-electron chi connectivity index (χ1n) is 3.29. The topological polar surface area (TPSA) is 26.0 Å². The van der Waals surface area contributed by atoms with E-state index < -0.39 is 17.4 Å². The second-order valence-electron chi connectivity index (χ2n) is 3.80. The predicted octanol–water partition coefficient (Wildman–Crippen LogP) is 2.02. The highest BCUT2D eigenvalue weighted by molar-refractivity contribution is 4.86. The lowest BCUT2D eigenvalue weighted by atomic mass is 9.84. The lowest BCUT2D eigenvalue weighted by Gasteiger charge is -2.31. The molecule has 0 aliphatic rings. The SMILES string of the molecule is CC(C)(C)C(N)C(C)(F)F. The average molecular weight is 151 g/mol. The van der Waals surface area contributed by atoms with E-state index in [0.29, 0.717) is 0 Å². The molecule has 62 valence electrons. The molecule has 3 heteroatoms. The summed E-state index contributed by atoms with van der Waals surface area (Å²) in [5, 5.41) is 0. The minimum atomic E-state index is -2.78. The Kier molecular flexibility index (Phi) is 2.41. The van der Waals surface area contributed by atoms with Crippen molar-refractivity contribution in [1.29, 1.82) is 0 Å². The van der Waals surface area contributed by atoms with Crippen molar-refractivity contribution in [3.8, 4) is 0 Å². The second-order valence-corrected chi connectivity index (χ2v) is 3.80. The molecule has 0 rings (SSSR count). The summed E-state index contributed by atoms with van der Waals surface area (Å²) in [5.74, 6) is -2.78. The molecule has 0 aliphatic heterocycles. The molecule has 0 bridgehead atoms. The van der Waals surface area contributed by atoms with Gasteiger partial charge in [0, 0.05) is 6.92 Å². The van der Waals surface area contributed by atoms with Gasteiger partial charge in [0.05, 0.1) is 6.04 Å². The smallest absolute Gasteiger partial charge is 0.260 e. The molecule has 0 aromatic heterocycles. The molecule has 0 amide bonds. The van der Waals surface area contributed by atoms with Gasteiger partial charge in [-0.3, -0.25) is 0 Å². The Labute approximate surface area is 60.6 Å². The normalized spacial score (nSPS) is 17.1. The van der Waals surface area contributed by atoms with Crippen LogP contribution in [0.15, 0.2) is 0 Å². The van der Waals surface area contributed by atoms with E-state index in [2.05, 4.69) is 0 Å². The zero-order valence-electron chi connectivity index (χ0n) is 6.91. The van der Waals surface area contributed by atoms with Crippen molar-refractivity contribution in [2.75, 3.05) is 0 Å². The number of rotatable bonds is 1. The van der Waals surface area contributed by atoms with Crippen LogP contribution in [0.3, 0.4) is 0 Å². The van der Waals surface area contributed by atoms with Crippen molar-refractivity contribution in [1.82, 2.24) is 0 Å². The molecule has 1 unspecified atom stereocenters. The molecule has 1 atom stereocenters. The number of nitrogens with two attached hydrogens (primary N) is 1. The van der Waals surface area contributed by atoms with Crippen molar-refractivity contribution < 1.29 is 8.78 Å². The summed E-state index contributed by atoms with van der Waals surface area (Å²) in [5.41, 5.74) is 4.75. The van der Waals surface area contributed by atoms with Gasteiger partial charge >= 0.3 is 0 Å². The summed E-state index contributed by atoms with van der Waals surface area (Å²) in [6, 6.07) is -1.07. The molecular formula is C7H15F2N. The molecule has 0 radical (unpaired) electrons. The van der Waals surface area contributed by atoms with E-state index in [4.69, 9.17) is 5.73 Å². The Morgan fingerprint density at radius 2 is 1.40 bits per heavy atom. The van der Waals surface area contributed by atoms with Gasteiger partial charge in [-0.05, 0) is 5.41 Å². The summed E-state index contributed by atoms with van der Waals surface area (Å²) in [4.78, 5) is 0. The van der Waals surface area contributed by atoms with Crippen molar-refractivity contribution in [3.05, 3.63) is 0 Å². The molecule has 10 heavy (non-hydrogen) atoms. The molecular weight excluding hydrogens is 136 g/mol. The fourth-order valence-corrected chi connectivity index (χ4v) is 0.760. The zero-order valence-corrected chi connectivity index (χ0v) is 6.91. The summed E-state index contributed by atoms with van der Waals surface area (Å²) in [6.45, 7) is 5.96. The van der Waals surface area contributed by atoms with Crippen LogP contribution >= 0.6 is 0 Å². The van der Waals surface area contributed by atoms with Crippen LogP contribution in [0, 0.1) is 5.41 Å². The maximum Gasteiger partial charge on any atom is 0.260 e. The standard InChI is InChI=1S/C7H15F2N/c1-6(2,3)5(10)7(4,8)9/h5H,10H2,1-4H3. The minimum Gasteiger partial charge on any atom is -0.322 e. The maximum atomic E-state index is 12.5. The number of alkyl halides is 2. The highest BCUT2D eigenvalue weighted by Gasteiger charge is 2.38. The molecule has 0 heterocycles. The highest BCUT2D eigenvalue weighted by Crippen LogP contribution is 2.29. The van der Waals surface area contributed by atoms with E-state index in [1.165, 1.54) is 0 Å². The lowest BCUT2D eigenvalue weighted by molar-refractivity contribution is -0.0394. The predicted molar refractivity (Wildman–Crippen MR) is 38.1 cm³/mol. The van der Waals surface area contributed by atoms with E-state index in [1.54, 1.807) is 20.8 Å². The summed E-state index contributed by atoms with van der Waals surface area (Å²) < 4.78 is 25.0. The van der Waals surface area contributed by atoms with E-state index in [-0.39, 0.29) is 0 Å². The van der Waals surface area contributed by atoms with Crippen LogP contribution in [-0.2, 0) is 0 Å². The van der Waals surface area contributed by atoms with E-state index in [1.807, 2.05) is 0 Å². The van der Waals surface area contributed by atoms with Crippen LogP contribution in [0.1, 0.15) is 27.7 Å². The third-order valence-electron chi connectivity index (χ3n) is 1.48. The summed E-state index contributed by atoms with van der Waals surface area (Å²) in [6.07, 6.45) is 0. The van der Waals surface area contributed by atoms with Crippen LogP contribution < -0.4 is 5.73 Å². The fourth-order valence-electron chi connectivity index (χ4n) is 0.760. The molecule has 2 N–H and O–H groups in total. The third kappa shape index (κ3) is 2.60. The molecule has 0 spiro atoms. The minimum absolute atomic E-state index is 0.530. The Morgan fingerprint density at radius 1 is 1.10 bits per heavy atom. The van der Waals surface area contributed by atoms with Gasteiger partial charge in [-0.2, -0.15) is 0 Å². The van der Waals surface area contributed by atoms with E-state index in [9.17, 15) is 8.78 Å². The quantitative estimate of drug-likeness (QED) is 0.609. The monoisotopic (exact) mass is 151 g/mol.